The monoisotopic (exact) mass is 274 g/mol. The topological polar surface area (TPSA) is 46.3 Å². The van der Waals surface area contributed by atoms with E-state index in [1.165, 1.54) is 11.1 Å². The summed E-state index contributed by atoms with van der Waals surface area (Å²) in [5.41, 5.74) is 8.29. The molecule has 2 N–H and O–H groups in total. The average molecular weight is 274 g/mol. The van der Waals surface area contributed by atoms with E-state index in [9.17, 15) is 4.79 Å². The number of carbonyl (C=O) groups is 1. The van der Waals surface area contributed by atoms with Crippen molar-refractivity contribution < 1.29 is 4.79 Å². The fourth-order valence-electron chi connectivity index (χ4n) is 3.31. The van der Waals surface area contributed by atoms with E-state index in [4.69, 9.17) is 5.73 Å². The summed E-state index contributed by atoms with van der Waals surface area (Å²) in [4.78, 5) is 13.7. The lowest BCUT2D eigenvalue weighted by Gasteiger charge is -2.45. The van der Waals surface area contributed by atoms with Crippen LogP contribution in [0.1, 0.15) is 36.8 Å². The number of aryl methyl sites for hydroxylation is 1. The molecule has 0 saturated heterocycles. The standard InChI is InChI=1S/C17H26N2O/c1-13-4-6-14(7-5-13)12-17(19(2)3)10-8-15(9-11-17)16(18)20/h4-7,15H,8-12H2,1-3H3,(H2,18,20). The summed E-state index contributed by atoms with van der Waals surface area (Å²) in [7, 11) is 4.30. The molecule has 0 radical (unpaired) electrons. The van der Waals surface area contributed by atoms with Crippen molar-refractivity contribution in [3.8, 4) is 0 Å². The van der Waals surface area contributed by atoms with Gasteiger partial charge in [-0.1, -0.05) is 29.8 Å². The molecule has 3 heteroatoms. The number of rotatable bonds is 4. The lowest BCUT2D eigenvalue weighted by Crippen LogP contribution is -2.49. The molecule has 0 spiro atoms. The lowest BCUT2D eigenvalue weighted by molar-refractivity contribution is -0.123. The third kappa shape index (κ3) is 3.21. The van der Waals surface area contributed by atoms with E-state index in [1.54, 1.807) is 0 Å². The molecule has 1 aliphatic rings. The largest absolute Gasteiger partial charge is 0.369 e. The smallest absolute Gasteiger partial charge is 0.220 e. The van der Waals surface area contributed by atoms with Crippen LogP contribution in [-0.4, -0.2) is 30.4 Å². The van der Waals surface area contributed by atoms with Crippen LogP contribution >= 0.6 is 0 Å². The summed E-state index contributed by atoms with van der Waals surface area (Å²) in [6.07, 6.45) is 4.97. The van der Waals surface area contributed by atoms with Crippen molar-refractivity contribution in [2.45, 2.75) is 44.6 Å². The molecular weight excluding hydrogens is 248 g/mol. The quantitative estimate of drug-likeness (QED) is 0.917. The molecule has 1 aliphatic carbocycles. The van der Waals surface area contributed by atoms with Gasteiger partial charge in [0.1, 0.15) is 0 Å². The van der Waals surface area contributed by atoms with Gasteiger partial charge in [0.2, 0.25) is 5.91 Å². The van der Waals surface area contributed by atoms with Crippen LogP contribution in [0.15, 0.2) is 24.3 Å². The fraction of sp³-hybridized carbons (Fsp3) is 0.588. The van der Waals surface area contributed by atoms with E-state index in [0.717, 1.165) is 32.1 Å². The highest BCUT2D eigenvalue weighted by Gasteiger charge is 2.38. The van der Waals surface area contributed by atoms with Gasteiger partial charge in [0, 0.05) is 11.5 Å². The average Bonchev–Trinajstić information content (AvgIpc) is 2.42. The van der Waals surface area contributed by atoms with E-state index < -0.39 is 0 Å². The van der Waals surface area contributed by atoms with Gasteiger partial charge in [0.15, 0.2) is 0 Å². The summed E-state index contributed by atoms with van der Waals surface area (Å²) < 4.78 is 0. The van der Waals surface area contributed by atoms with Crippen molar-refractivity contribution in [3.05, 3.63) is 35.4 Å². The number of carbonyl (C=O) groups excluding carboxylic acids is 1. The Bertz CT molecular complexity index is 456. The maximum atomic E-state index is 11.3. The van der Waals surface area contributed by atoms with Gasteiger partial charge in [-0.15, -0.1) is 0 Å². The molecule has 1 amide bonds. The van der Waals surface area contributed by atoms with Crippen LogP contribution in [0, 0.1) is 12.8 Å². The van der Waals surface area contributed by atoms with E-state index in [1.807, 2.05) is 0 Å². The van der Waals surface area contributed by atoms with Crippen LogP contribution in [0.2, 0.25) is 0 Å². The van der Waals surface area contributed by atoms with Crippen molar-refractivity contribution in [1.29, 1.82) is 0 Å². The number of amides is 1. The van der Waals surface area contributed by atoms with Crippen LogP contribution in [0.25, 0.3) is 0 Å². The first kappa shape index (κ1) is 15.0. The van der Waals surface area contributed by atoms with Gasteiger partial charge in [-0.3, -0.25) is 4.79 Å². The second kappa shape index (κ2) is 5.96. The van der Waals surface area contributed by atoms with Crippen LogP contribution in [0.3, 0.4) is 0 Å². The predicted molar refractivity (Wildman–Crippen MR) is 82.5 cm³/mol. The number of nitrogens with two attached hydrogens (primary N) is 1. The van der Waals surface area contributed by atoms with Crippen LogP contribution < -0.4 is 5.73 Å². The number of hydrogen-bond acceptors (Lipinski definition) is 2. The lowest BCUT2D eigenvalue weighted by atomic mass is 9.72. The molecule has 1 saturated carbocycles. The first-order valence-electron chi connectivity index (χ1n) is 7.45. The second-order valence-electron chi connectivity index (χ2n) is 6.46. The van der Waals surface area contributed by atoms with Crippen LogP contribution in [-0.2, 0) is 11.2 Å². The van der Waals surface area contributed by atoms with Gasteiger partial charge in [0.05, 0.1) is 0 Å². The summed E-state index contributed by atoms with van der Waals surface area (Å²) in [6, 6.07) is 8.79. The fourth-order valence-corrected chi connectivity index (χ4v) is 3.31. The molecule has 0 heterocycles. The number of nitrogens with zero attached hydrogens (tertiary/aromatic N) is 1. The Morgan fingerprint density at radius 2 is 1.80 bits per heavy atom. The van der Waals surface area contributed by atoms with E-state index in [2.05, 4.69) is 50.2 Å². The van der Waals surface area contributed by atoms with E-state index in [-0.39, 0.29) is 17.4 Å². The SMILES string of the molecule is Cc1ccc(CC2(N(C)C)CCC(C(N)=O)CC2)cc1. The van der Waals surface area contributed by atoms with Gasteiger partial charge in [0.25, 0.3) is 0 Å². The Kier molecular flexibility index (Phi) is 4.48. The van der Waals surface area contributed by atoms with Crippen molar-refractivity contribution in [2.75, 3.05) is 14.1 Å². The zero-order valence-corrected chi connectivity index (χ0v) is 12.9. The number of hydrogen-bond donors (Lipinski definition) is 1. The minimum Gasteiger partial charge on any atom is -0.369 e. The molecule has 110 valence electrons. The van der Waals surface area contributed by atoms with Crippen molar-refractivity contribution in [2.24, 2.45) is 11.7 Å². The Hall–Kier alpha value is -1.35. The van der Waals surface area contributed by atoms with Crippen molar-refractivity contribution in [3.63, 3.8) is 0 Å². The number of primary amides is 1. The maximum Gasteiger partial charge on any atom is 0.220 e. The number of likely N-dealkylation sites (N-methyl/N-ethyl adjacent to an activating group) is 1. The molecule has 0 unspecified atom stereocenters. The van der Waals surface area contributed by atoms with Gasteiger partial charge in [-0.05, 0) is 58.7 Å². The highest BCUT2D eigenvalue weighted by atomic mass is 16.1. The van der Waals surface area contributed by atoms with Crippen LogP contribution in [0.4, 0.5) is 0 Å². The molecule has 0 atom stereocenters. The summed E-state index contributed by atoms with van der Waals surface area (Å²) in [5.74, 6) is -0.0613. The Morgan fingerprint density at radius 3 is 2.25 bits per heavy atom. The molecule has 0 bridgehead atoms. The Morgan fingerprint density at radius 1 is 1.25 bits per heavy atom. The summed E-state index contributed by atoms with van der Waals surface area (Å²) in [6.45, 7) is 2.11. The maximum absolute atomic E-state index is 11.3. The highest BCUT2D eigenvalue weighted by molar-refractivity contribution is 5.76. The van der Waals surface area contributed by atoms with Gasteiger partial charge < -0.3 is 10.6 Å². The molecule has 0 aromatic heterocycles. The molecule has 20 heavy (non-hydrogen) atoms. The zero-order chi connectivity index (χ0) is 14.8. The van der Waals surface area contributed by atoms with Crippen LogP contribution in [0.5, 0.6) is 0 Å². The van der Waals surface area contributed by atoms with Gasteiger partial charge >= 0.3 is 0 Å². The molecular formula is C17H26N2O. The first-order chi connectivity index (χ1) is 9.43. The normalized spacial score (nSPS) is 26.7. The molecule has 0 aliphatic heterocycles. The second-order valence-corrected chi connectivity index (χ2v) is 6.46. The molecule has 2 rings (SSSR count). The summed E-state index contributed by atoms with van der Waals surface area (Å²) in [5, 5.41) is 0. The summed E-state index contributed by atoms with van der Waals surface area (Å²) >= 11 is 0. The Labute approximate surface area is 122 Å². The van der Waals surface area contributed by atoms with Crippen molar-refractivity contribution >= 4 is 5.91 Å². The van der Waals surface area contributed by atoms with Gasteiger partial charge in [-0.25, -0.2) is 0 Å². The minimum absolute atomic E-state index is 0.0705. The molecule has 1 aromatic rings. The Balaban J connectivity index is 2.11. The van der Waals surface area contributed by atoms with E-state index in [0.29, 0.717) is 0 Å². The zero-order valence-electron chi connectivity index (χ0n) is 12.9. The minimum atomic E-state index is -0.132. The predicted octanol–water partition coefficient (Wildman–Crippen LogP) is 2.51. The third-order valence-corrected chi connectivity index (χ3v) is 4.92. The van der Waals surface area contributed by atoms with Crippen molar-refractivity contribution in [1.82, 2.24) is 4.90 Å². The van der Waals surface area contributed by atoms with E-state index >= 15 is 0 Å². The number of benzene rings is 1. The molecule has 1 aromatic carbocycles. The first-order valence-corrected chi connectivity index (χ1v) is 7.45. The molecule has 1 fully saturated rings. The molecule has 3 nitrogen and oxygen atoms in total. The highest BCUT2D eigenvalue weighted by Crippen LogP contribution is 2.37. The van der Waals surface area contributed by atoms with Gasteiger partial charge in [-0.2, -0.15) is 0 Å². The third-order valence-electron chi connectivity index (χ3n) is 4.92.